The number of nitrogens with one attached hydrogen (secondary N) is 1. The molecule has 0 saturated heterocycles. The number of aromatic nitrogens is 1. The maximum absolute atomic E-state index is 5.62. The maximum Gasteiger partial charge on any atom is 0.167 e. The Kier molecular flexibility index (Phi) is 5.59. The Morgan fingerprint density at radius 2 is 1.32 bits per heavy atom. The molecule has 1 atom stereocenters. The van der Waals surface area contributed by atoms with Gasteiger partial charge in [-0.25, -0.2) is 0 Å². The van der Waals surface area contributed by atoms with E-state index in [4.69, 9.17) is 4.52 Å². The Balaban J connectivity index is 1.54. The van der Waals surface area contributed by atoms with Gasteiger partial charge in [0, 0.05) is 23.5 Å². The summed E-state index contributed by atoms with van der Waals surface area (Å²) in [6.45, 7) is 0.798. The van der Waals surface area contributed by atoms with Crippen molar-refractivity contribution < 1.29 is 4.52 Å². The van der Waals surface area contributed by atoms with Gasteiger partial charge in [0.15, 0.2) is 5.58 Å². The highest BCUT2D eigenvalue weighted by molar-refractivity contribution is 5.92. The first-order valence-electron chi connectivity index (χ1n) is 10.6. The van der Waals surface area contributed by atoms with Crippen LogP contribution in [0.15, 0.2) is 114 Å². The van der Waals surface area contributed by atoms with Crippen LogP contribution in [0.25, 0.3) is 22.2 Å². The van der Waals surface area contributed by atoms with Gasteiger partial charge in [-0.1, -0.05) is 102 Å². The monoisotopic (exact) mass is 404 g/mol. The number of rotatable bonds is 7. The average Bonchev–Trinajstić information content (AvgIpc) is 3.27. The number of benzene rings is 4. The van der Waals surface area contributed by atoms with Crippen molar-refractivity contribution in [2.45, 2.75) is 19.0 Å². The van der Waals surface area contributed by atoms with E-state index in [1.165, 1.54) is 16.7 Å². The van der Waals surface area contributed by atoms with Crippen LogP contribution >= 0.6 is 0 Å². The second-order valence-electron chi connectivity index (χ2n) is 7.72. The molecule has 3 nitrogen and oxygen atoms in total. The zero-order valence-electron chi connectivity index (χ0n) is 17.2. The van der Waals surface area contributed by atoms with Gasteiger partial charge in [-0.15, -0.1) is 0 Å². The molecule has 4 aromatic carbocycles. The number of fused-ring (bicyclic) bond motifs is 1. The summed E-state index contributed by atoms with van der Waals surface area (Å²) in [6, 6.07) is 37.8. The van der Waals surface area contributed by atoms with Gasteiger partial charge in [-0.3, -0.25) is 0 Å². The molecule has 0 spiro atoms. The van der Waals surface area contributed by atoms with Crippen LogP contribution in [0.3, 0.4) is 0 Å². The fourth-order valence-electron chi connectivity index (χ4n) is 4.08. The Hall–Kier alpha value is -3.69. The molecular weight excluding hydrogens is 380 g/mol. The maximum atomic E-state index is 5.62. The van der Waals surface area contributed by atoms with E-state index in [9.17, 15) is 0 Å². The molecule has 1 unspecified atom stereocenters. The Morgan fingerprint density at radius 1 is 0.677 bits per heavy atom. The summed E-state index contributed by atoms with van der Waals surface area (Å²) < 4.78 is 5.62. The quantitative estimate of drug-likeness (QED) is 0.333. The molecule has 5 rings (SSSR count). The van der Waals surface area contributed by atoms with Crippen LogP contribution in [0.2, 0.25) is 0 Å². The third-order valence-corrected chi connectivity index (χ3v) is 5.65. The molecule has 0 saturated carbocycles. The second-order valence-corrected chi connectivity index (χ2v) is 7.72. The van der Waals surface area contributed by atoms with Gasteiger partial charge in [0.2, 0.25) is 0 Å². The van der Waals surface area contributed by atoms with Gasteiger partial charge >= 0.3 is 0 Å². The fraction of sp³-hybridized carbons (Fsp3) is 0.107. The van der Waals surface area contributed by atoms with Crippen LogP contribution in [-0.4, -0.2) is 5.16 Å². The predicted molar refractivity (Wildman–Crippen MR) is 126 cm³/mol. The Bertz CT molecular complexity index is 1260. The first-order chi connectivity index (χ1) is 15.4. The zero-order valence-corrected chi connectivity index (χ0v) is 17.2. The Morgan fingerprint density at radius 3 is 2.13 bits per heavy atom. The van der Waals surface area contributed by atoms with E-state index in [2.05, 4.69) is 101 Å². The van der Waals surface area contributed by atoms with Crippen molar-refractivity contribution in [1.29, 1.82) is 0 Å². The van der Waals surface area contributed by atoms with Gasteiger partial charge in [0.05, 0.1) is 0 Å². The van der Waals surface area contributed by atoms with E-state index in [0.29, 0.717) is 0 Å². The smallest absolute Gasteiger partial charge is 0.167 e. The molecule has 152 valence electrons. The minimum atomic E-state index is 0.134. The highest BCUT2D eigenvalue weighted by Gasteiger charge is 2.20. The standard InChI is InChI=1S/C28H24N2O/c1-3-11-21(12-4-1)19-26(29-20-22-13-5-2-6-14-22)23-15-7-8-16-24(23)28-25-17-9-10-18-27(25)31-30-28/h1-18,26,29H,19-20H2. The fourth-order valence-corrected chi connectivity index (χ4v) is 4.08. The summed E-state index contributed by atoms with van der Waals surface area (Å²) in [5, 5.41) is 9.26. The SMILES string of the molecule is c1ccc(CNC(Cc2ccccc2)c2ccccc2-c2noc3ccccc23)cc1. The van der Waals surface area contributed by atoms with Crippen molar-refractivity contribution in [2.75, 3.05) is 0 Å². The van der Waals surface area contributed by atoms with Crippen molar-refractivity contribution in [3.63, 3.8) is 0 Å². The van der Waals surface area contributed by atoms with E-state index in [1.54, 1.807) is 0 Å². The second kappa shape index (κ2) is 8.99. The molecule has 0 radical (unpaired) electrons. The lowest BCUT2D eigenvalue weighted by molar-refractivity contribution is 0.459. The van der Waals surface area contributed by atoms with E-state index >= 15 is 0 Å². The molecule has 0 aliphatic carbocycles. The van der Waals surface area contributed by atoms with Crippen molar-refractivity contribution in [2.24, 2.45) is 0 Å². The molecule has 1 N–H and O–H groups in total. The summed E-state index contributed by atoms with van der Waals surface area (Å²) in [5.74, 6) is 0. The molecule has 0 aliphatic rings. The third kappa shape index (κ3) is 4.27. The van der Waals surface area contributed by atoms with Gasteiger partial charge in [0.25, 0.3) is 0 Å². The van der Waals surface area contributed by atoms with Crippen LogP contribution in [-0.2, 0) is 13.0 Å². The zero-order chi connectivity index (χ0) is 20.9. The number of nitrogens with zero attached hydrogens (tertiary/aromatic N) is 1. The van der Waals surface area contributed by atoms with Gasteiger partial charge in [-0.05, 0) is 35.2 Å². The summed E-state index contributed by atoms with van der Waals surface area (Å²) in [5.41, 5.74) is 6.60. The number of hydrogen-bond acceptors (Lipinski definition) is 3. The van der Waals surface area contributed by atoms with Gasteiger partial charge in [-0.2, -0.15) is 0 Å². The van der Waals surface area contributed by atoms with Crippen molar-refractivity contribution in [3.05, 3.63) is 126 Å². The average molecular weight is 405 g/mol. The molecule has 31 heavy (non-hydrogen) atoms. The van der Waals surface area contributed by atoms with Crippen molar-refractivity contribution in [1.82, 2.24) is 10.5 Å². The number of hydrogen-bond donors (Lipinski definition) is 1. The van der Waals surface area contributed by atoms with E-state index in [-0.39, 0.29) is 6.04 Å². The predicted octanol–water partition coefficient (Wildman–Crippen LogP) is 6.57. The third-order valence-electron chi connectivity index (χ3n) is 5.65. The molecule has 0 bridgehead atoms. The molecule has 1 heterocycles. The largest absolute Gasteiger partial charge is 0.356 e. The summed E-state index contributed by atoms with van der Waals surface area (Å²) in [6.07, 6.45) is 0.889. The minimum Gasteiger partial charge on any atom is -0.356 e. The van der Waals surface area contributed by atoms with E-state index in [1.807, 2.05) is 18.2 Å². The number of para-hydroxylation sites is 1. The summed E-state index contributed by atoms with van der Waals surface area (Å²) in [4.78, 5) is 0. The van der Waals surface area contributed by atoms with Crippen LogP contribution in [0.5, 0.6) is 0 Å². The van der Waals surface area contributed by atoms with Crippen LogP contribution in [0.1, 0.15) is 22.7 Å². The first-order valence-corrected chi connectivity index (χ1v) is 10.6. The highest BCUT2D eigenvalue weighted by Crippen LogP contribution is 2.34. The van der Waals surface area contributed by atoms with Crippen molar-refractivity contribution in [3.8, 4) is 11.3 Å². The van der Waals surface area contributed by atoms with Gasteiger partial charge < -0.3 is 9.84 Å². The first kappa shape index (κ1) is 19.3. The minimum absolute atomic E-state index is 0.134. The molecule has 1 aromatic heterocycles. The molecule has 0 fully saturated rings. The lowest BCUT2D eigenvalue weighted by Crippen LogP contribution is -2.23. The summed E-state index contributed by atoms with van der Waals surface area (Å²) in [7, 11) is 0. The topological polar surface area (TPSA) is 38.1 Å². The molecule has 0 aliphatic heterocycles. The van der Waals surface area contributed by atoms with Crippen LogP contribution < -0.4 is 5.32 Å². The lowest BCUT2D eigenvalue weighted by Gasteiger charge is -2.22. The molecule has 0 amide bonds. The molecular formula is C28H24N2O. The Labute approximate surface area is 182 Å². The molecule has 5 aromatic rings. The van der Waals surface area contributed by atoms with Gasteiger partial charge in [0.1, 0.15) is 5.69 Å². The lowest BCUT2D eigenvalue weighted by atomic mass is 9.92. The van der Waals surface area contributed by atoms with Crippen LogP contribution in [0, 0.1) is 0 Å². The molecule has 3 heteroatoms. The highest BCUT2D eigenvalue weighted by atomic mass is 16.5. The van der Waals surface area contributed by atoms with Crippen LogP contribution in [0.4, 0.5) is 0 Å². The summed E-state index contributed by atoms with van der Waals surface area (Å²) >= 11 is 0. The van der Waals surface area contributed by atoms with Crippen molar-refractivity contribution >= 4 is 11.0 Å². The van der Waals surface area contributed by atoms with E-state index in [0.717, 1.165) is 35.2 Å². The normalized spacial score (nSPS) is 12.1. The van der Waals surface area contributed by atoms with E-state index < -0.39 is 0 Å².